The monoisotopic (exact) mass is 169 g/mol. The third-order valence-electron chi connectivity index (χ3n) is 2.24. The number of amides is 1. The molecular formula is C9H15NO2. The van der Waals surface area contributed by atoms with Gasteiger partial charge in [0.1, 0.15) is 5.78 Å². The lowest BCUT2D eigenvalue weighted by atomic mass is 9.93. The fraction of sp³-hybridized carbons (Fsp3) is 0.778. The van der Waals surface area contributed by atoms with Crippen LogP contribution in [0.15, 0.2) is 0 Å². The first kappa shape index (κ1) is 9.23. The molecule has 1 fully saturated rings. The Balaban J connectivity index is 2.29. The Morgan fingerprint density at radius 2 is 2.42 bits per heavy atom. The Morgan fingerprint density at radius 3 is 3.00 bits per heavy atom. The maximum atomic E-state index is 11.2. The van der Waals surface area contributed by atoms with Gasteiger partial charge in [-0.25, -0.2) is 0 Å². The summed E-state index contributed by atoms with van der Waals surface area (Å²) >= 11 is 0. The first-order valence-electron chi connectivity index (χ1n) is 4.47. The first-order chi connectivity index (χ1) is 5.70. The Bertz CT molecular complexity index is 189. The van der Waals surface area contributed by atoms with Gasteiger partial charge in [-0.1, -0.05) is 0 Å². The van der Waals surface area contributed by atoms with Gasteiger partial charge >= 0.3 is 0 Å². The molecule has 1 saturated heterocycles. The summed E-state index contributed by atoms with van der Waals surface area (Å²) < 4.78 is 0. The van der Waals surface area contributed by atoms with Crippen LogP contribution in [0.25, 0.3) is 0 Å². The largest absolute Gasteiger partial charge is 0.356 e. The van der Waals surface area contributed by atoms with E-state index in [1.165, 1.54) is 0 Å². The van der Waals surface area contributed by atoms with Crippen molar-refractivity contribution in [2.45, 2.75) is 32.6 Å². The SMILES string of the molecule is CC(=O)CCC1CCCNC1=O. The molecule has 1 rings (SSSR count). The minimum absolute atomic E-state index is 0.0858. The number of nitrogens with one attached hydrogen (secondary N) is 1. The zero-order valence-corrected chi connectivity index (χ0v) is 7.43. The van der Waals surface area contributed by atoms with Gasteiger partial charge in [0.25, 0.3) is 0 Å². The predicted octanol–water partition coefficient (Wildman–Crippen LogP) is 0.882. The van der Waals surface area contributed by atoms with Crippen LogP contribution >= 0.6 is 0 Å². The smallest absolute Gasteiger partial charge is 0.223 e. The van der Waals surface area contributed by atoms with Crippen molar-refractivity contribution in [3.05, 3.63) is 0 Å². The van der Waals surface area contributed by atoms with Gasteiger partial charge in [-0.3, -0.25) is 4.79 Å². The molecule has 0 aromatic heterocycles. The molecule has 0 aliphatic carbocycles. The molecule has 0 aromatic rings. The number of carbonyl (C=O) groups excluding carboxylic acids is 2. The van der Waals surface area contributed by atoms with Gasteiger partial charge in [-0.2, -0.15) is 0 Å². The van der Waals surface area contributed by atoms with Crippen LogP contribution in [0.4, 0.5) is 0 Å². The molecule has 12 heavy (non-hydrogen) atoms. The Hall–Kier alpha value is -0.860. The van der Waals surface area contributed by atoms with Gasteiger partial charge in [-0.05, 0) is 26.2 Å². The van der Waals surface area contributed by atoms with E-state index in [0.717, 1.165) is 25.8 Å². The zero-order chi connectivity index (χ0) is 8.97. The molecule has 0 aromatic carbocycles. The maximum Gasteiger partial charge on any atom is 0.223 e. The second-order valence-corrected chi connectivity index (χ2v) is 3.37. The van der Waals surface area contributed by atoms with Crippen LogP contribution in [0, 0.1) is 5.92 Å². The summed E-state index contributed by atoms with van der Waals surface area (Å²) in [6.45, 7) is 2.37. The quantitative estimate of drug-likeness (QED) is 0.681. The summed E-state index contributed by atoms with van der Waals surface area (Å²) in [6.07, 6.45) is 3.26. The van der Waals surface area contributed by atoms with Gasteiger partial charge in [0, 0.05) is 18.9 Å². The molecule has 1 unspecified atom stereocenters. The van der Waals surface area contributed by atoms with E-state index in [0.29, 0.717) is 6.42 Å². The Labute approximate surface area is 72.5 Å². The highest BCUT2D eigenvalue weighted by molar-refractivity contribution is 5.81. The normalized spacial score (nSPS) is 23.4. The topological polar surface area (TPSA) is 46.2 Å². The van der Waals surface area contributed by atoms with Crippen LogP contribution in [-0.2, 0) is 9.59 Å². The van der Waals surface area contributed by atoms with Crippen molar-refractivity contribution in [3.8, 4) is 0 Å². The molecule has 68 valence electrons. The van der Waals surface area contributed by atoms with E-state index in [2.05, 4.69) is 5.32 Å². The molecule has 3 nitrogen and oxygen atoms in total. The Kier molecular flexibility index (Phi) is 3.26. The molecule has 1 amide bonds. The fourth-order valence-electron chi connectivity index (χ4n) is 1.49. The second-order valence-electron chi connectivity index (χ2n) is 3.37. The van der Waals surface area contributed by atoms with Gasteiger partial charge in [-0.15, -0.1) is 0 Å². The van der Waals surface area contributed by atoms with Crippen molar-refractivity contribution < 1.29 is 9.59 Å². The molecule has 1 aliphatic rings. The molecule has 1 N–H and O–H groups in total. The lowest BCUT2D eigenvalue weighted by molar-refractivity contribution is -0.127. The molecule has 0 bridgehead atoms. The summed E-state index contributed by atoms with van der Waals surface area (Å²) in [6, 6.07) is 0. The lowest BCUT2D eigenvalue weighted by Gasteiger charge is -2.20. The van der Waals surface area contributed by atoms with Crippen molar-refractivity contribution in [2.75, 3.05) is 6.54 Å². The highest BCUT2D eigenvalue weighted by atomic mass is 16.2. The molecule has 1 aliphatic heterocycles. The zero-order valence-electron chi connectivity index (χ0n) is 7.43. The maximum absolute atomic E-state index is 11.2. The van der Waals surface area contributed by atoms with E-state index in [1.54, 1.807) is 6.92 Å². The van der Waals surface area contributed by atoms with E-state index < -0.39 is 0 Å². The van der Waals surface area contributed by atoms with Crippen molar-refractivity contribution in [1.29, 1.82) is 0 Å². The van der Waals surface area contributed by atoms with E-state index >= 15 is 0 Å². The average molecular weight is 169 g/mol. The molecule has 1 atom stereocenters. The van der Waals surface area contributed by atoms with E-state index in [1.807, 2.05) is 0 Å². The third-order valence-corrected chi connectivity index (χ3v) is 2.24. The van der Waals surface area contributed by atoms with Gasteiger partial charge < -0.3 is 10.1 Å². The van der Waals surface area contributed by atoms with Crippen LogP contribution in [0.1, 0.15) is 32.6 Å². The van der Waals surface area contributed by atoms with Crippen molar-refractivity contribution in [1.82, 2.24) is 5.32 Å². The summed E-state index contributed by atoms with van der Waals surface area (Å²) in [5, 5.41) is 2.81. The van der Waals surface area contributed by atoms with E-state index in [4.69, 9.17) is 0 Å². The van der Waals surface area contributed by atoms with Crippen LogP contribution < -0.4 is 5.32 Å². The van der Waals surface area contributed by atoms with Crippen LogP contribution in [0.3, 0.4) is 0 Å². The van der Waals surface area contributed by atoms with Crippen molar-refractivity contribution >= 4 is 11.7 Å². The minimum atomic E-state index is 0.0858. The second kappa shape index (κ2) is 4.24. The molecule has 1 heterocycles. The molecule has 3 heteroatoms. The fourth-order valence-corrected chi connectivity index (χ4v) is 1.49. The van der Waals surface area contributed by atoms with Crippen molar-refractivity contribution in [2.24, 2.45) is 5.92 Å². The number of ketones is 1. The van der Waals surface area contributed by atoms with Crippen LogP contribution in [0.5, 0.6) is 0 Å². The van der Waals surface area contributed by atoms with E-state index in [9.17, 15) is 9.59 Å². The van der Waals surface area contributed by atoms with E-state index in [-0.39, 0.29) is 17.6 Å². The number of hydrogen-bond donors (Lipinski definition) is 1. The Morgan fingerprint density at radius 1 is 1.67 bits per heavy atom. The van der Waals surface area contributed by atoms with Gasteiger partial charge in [0.05, 0.1) is 0 Å². The molecule has 0 saturated carbocycles. The number of Topliss-reactive ketones (excluding diaryl/α,β-unsaturated/α-hetero) is 1. The standard InChI is InChI=1S/C9H15NO2/c1-7(11)4-5-8-3-2-6-10-9(8)12/h8H,2-6H2,1H3,(H,10,12). The summed E-state index contributed by atoms with van der Waals surface area (Å²) in [7, 11) is 0. The van der Waals surface area contributed by atoms with Gasteiger partial charge in [0.15, 0.2) is 0 Å². The highest BCUT2D eigenvalue weighted by Crippen LogP contribution is 2.16. The highest BCUT2D eigenvalue weighted by Gasteiger charge is 2.21. The predicted molar refractivity (Wildman–Crippen MR) is 45.6 cm³/mol. The average Bonchev–Trinajstić information content (AvgIpc) is 2.03. The third kappa shape index (κ3) is 2.64. The summed E-state index contributed by atoms with van der Waals surface area (Å²) in [5.74, 6) is 0.388. The number of carbonyl (C=O) groups is 2. The molecule has 0 radical (unpaired) electrons. The van der Waals surface area contributed by atoms with Crippen LogP contribution in [0.2, 0.25) is 0 Å². The van der Waals surface area contributed by atoms with Crippen molar-refractivity contribution in [3.63, 3.8) is 0 Å². The lowest BCUT2D eigenvalue weighted by Crippen LogP contribution is -2.36. The minimum Gasteiger partial charge on any atom is -0.356 e. The number of rotatable bonds is 3. The number of piperidine rings is 1. The first-order valence-corrected chi connectivity index (χ1v) is 4.47. The summed E-state index contributed by atoms with van der Waals surface area (Å²) in [5.41, 5.74) is 0. The van der Waals surface area contributed by atoms with Crippen LogP contribution in [-0.4, -0.2) is 18.2 Å². The molecular weight excluding hydrogens is 154 g/mol. The molecule has 0 spiro atoms. The summed E-state index contributed by atoms with van der Waals surface area (Å²) in [4.78, 5) is 21.8. The van der Waals surface area contributed by atoms with Gasteiger partial charge in [0.2, 0.25) is 5.91 Å². The number of hydrogen-bond acceptors (Lipinski definition) is 2.